The van der Waals surface area contributed by atoms with Crippen molar-refractivity contribution in [2.24, 2.45) is 5.92 Å². The molecule has 0 bridgehead atoms. The van der Waals surface area contributed by atoms with Gasteiger partial charge in [0.05, 0.1) is 0 Å². The molecule has 0 radical (unpaired) electrons. The predicted octanol–water partition coefficient (Wildman–Crippen LogP) is 4.47. The minimum absolute atomic E-state index is 0.0322. The van der Waals surface area contributed by atoms with Crippen LogP contribution >= 0.6 is 11.3 Å². The van der Waals surface area contributed by atoms with Gasteiger partial charge in [-0.15, -0.1) is 11.3 Å². The third-order valence-corrected chi connectivity index (χ3v) is 7.76. The number of thiophene rings is 1. The maximum atomic E-state index is 13.8. The second-order valence-corrected chi connectivity index (χ2v) is 9.92. The molecule has 1 aromatic carbocycles. The molecule has 2 aromatic rings. The van der Waals surface area contributed by atoms with E-state index in [0.29, 0.717) is 50.9 Å². The largest absolute Gasteiger partial charge is 0.339 e. The van der Waals surface area contributed by atoms with Crippen LogP contribution in [0.2, 0.25) is 0 Å². The Morgan fingerprint density at radius 2 is 1.97 bits per heavy atom. The fourth-order valence-electron chi connectivity index (χ4n) is 5.04. The molecule has 34 heavy (non-hydrogen) atoms. The van der Waals surface area contributed by atoms with Crippen LogP contribution in [-0.2, 0) is 16.0 Å². The third kappa shape index (κ3) is 4.92. The maximum absolute atomic E-state index is 13.8. The average molecular weight is 484 g/mol. The molecule has 0 unspecified atom stereocenters. The Kier molecular flexibility index (Phi) is 7.46. The number of nitrogens with one attached hydrogen (secondary N) is 1. The Bertz CT molecular complexity index is 1060. The van der Waals surface area contributed by atoms with Crippen LogP contribution in [0, 0.1) is 11.7 Å². The van der Waals surface area contributed by atoms with E-state index in [1.807, 2.05) is 24.4 Å². The van der Waals surface area contributed by atoms with Gasteiger partial charge in [0.25, 0.3) is 5.91 Å². The number of carbonyl (C=O) groups excluding carboxylic acids is 3. The van der Waals surface area contributed by atoms with E-state index in [2.05, 4.69) is 5.32 Å². The van der Waals surface area contributed by atoms with Gasteiger partial charge < -0.3 is 10.2 Å². The quantitative estimate of drug-likeness (QED) is 0.445. The standard InChI is InChI=1S/C26H30FN3O3S/c1-2-14-26(24(32)30(25(33)28-26)17-13-21-7-5-18-34-21)20-11-15-29(16-12-20)23(31)10-9-19-6-3-4-8-22(19)27/h3-10,18,20H,2,11-17H2,1H3,(H,28,33)/b10-9+/t26-/m0/s1. The first kappa shape index (κ1) is 24.1. The summed E-state index contributed by atoms with van der Waals surface area (Å²) in [5.41, 5.74) is -0.533. The first-order valence-electron chi connectivity index (χ1n) is 11.8. The van der Waals surface area contributed by atoms with E-state index in [1.54, 1.807) is 34.4 Å². The highest BCUT2D eigenvalue weighted by atomic mass is 32.1. The van der Waals surface area contributed by atoms with Crippen molar-refractivity contribution >= 4 is 35.3 Å². The van der Waals surface area contributed by atoms with E-state index in [0.717, 1.165) is 11.3 Å². The van der Waals surface area contributed by atoms with E-state index in [4.69, 9.17) is 0 Å². The molecule has 1 N–H and O–H groups in total. The van der Waals surface area contributed by atoms with Gasteiger partial charge in [0, 0.05) is 36.2 Å². The van der Waals surface area contributed by atoms with Gasteiger partial charge in [0.15, 0.2) is 0 Å². The van der Waals surface area contributed by atoms with E-state index in [-0.39, 0.29) is 29.6 Å². The highest BCUT2D eigenvalue weighted by Crippen LogP contribution is 2.37. The molecular weight excluding hydrogens is 453 g/mol. The molecule has 1 aromatic heterocycles. The van der Waals surface area contributed by atoms with Crippen LogP contribution in [0.4, 0.5) is 9.18 Å². The van der Waals surface area contributed by atoms with Gasteiger partial charge in [-0.25, -0.2) is 9.18 Å². The van der Waals surface area contributed by atoms with E-state index < -0.39 is 5.54 Å². The van der Waals surface area contributed by atoms with Gasteiger partial charge in [-0.1, -0.05) is 37.6 Å². The van der Waals surface area contributed by atoms with Crippen LogP contribution in [0.1, 0.15) is 43.0 Å². The van der Waals surface area contributed by atoms with Crippen molar-refractivity contribution in [1.29, 1.82) is 0 Å². The van der Waals surface area contributed by atoms with Crippen molar-refractivity contribution in [3.05, 3.63) is 64.1 Å². The molecular formula is C26H30FN3O3S. The van der Waals surface area contributed by atoms with Crippen molar-refractivity contribution in [3.63, 3.8) is 0 Å². The summed E-state index contributed by atoms with van der Waals surface area (Å²) in [6, 6.07) is 9.98. The number of hydrogen-bond donors (Lipinski definition) is 1. The number of amides is 4. The number of rotatable bonds is 8. The summed E-state index contributed by atoms with van der Waals surface area (Å²) in [6.07, 6.45) is 6.16. The fraction of sp³-hybridized carbons (Fsp3) is 0.423. The Balaban J connectivity index is 1.40. The summed E-state index contributed by atoms with van der Waals surface area (Å²) in [7, 11) is 0. The third-order valence-electron chi connectivity index (χ3n) is 6.82. The van der Waals surface area contributed by atoms with Crippen molar-refractivity contribution in [3.8, 4) is 0 Å². The first-order chi connectivity index (χ1) is 16.4. The second-order valence-electron chi connectivity index (χ2n) is 8.89. The number of imide groups is 1. The zero-order valence-corrected chi connectivity index (χ0v) is 20.2. The Labute approximate surface area is 203 Å². The Morgan fingerprint density at radius 1 is 1.21 bits per heavy atom. The van der Waals surface area contributed by atoms with Gasteiger partial charge in [-0.2, -0.15) is 0 Å². The van der Waals surface area contributed by atoms with Gasteiger partial charge in [0.2, 0.25) is 5.91 Å². The van der Waals surface area contributed by atoms with Crippen LogP contribution in [0.5, 0.6) is 0 Å². The molecule has 1 atom stereocenters. The van der Waals surface area contributed by atoms with Gasteiger partial charge >= 0.3 is 6.03 Å². The van der Waals surface area contributed by atoms with Crippen LogP contribution in [0.3, 0.4) is 0 Å². The van der Waals surface area contributed by atoms with Gasteiger partial charge in [-0.3, -0.25) is 14.5 Å². The molecule has 2 saturated heterocycles. The number of nitrogens with zero attached hydrogens (tertiary/aromatic N) is 2. The lowest BCUT2D eigenvalue weighted by molar-refractivity contribution is -0.135. The molecule has 8 heteroatoms. The SMILES string of the molecule is CCC[C@@]1(C2CCN(C(=O)/C=C/c3ccccc3F)CC2)NC(=O)N(CCc2cccs2)C1=O. The average Bonchev–Trinajstić information content (AvgIpc) is 3.44. The summed E-state index contributed by atoms with van der Waals surface area (Å²) in [4.78, 5) is 43.2. The zero-order valence-electron chi connectivity index (χ0n) is 19.3. The number of likely N-dealkylation sites (tertiary alicyclic amines) is 1. The van der Waals surface area contributed by atoms with Crippen molar-refractivity contribution in [2.45, 2.75) is 44.6 Å². The van der Waals surface area contributed by atoms with Crippen molar-refractivity contribution in [2.75, 3.05) is 19.6 Å². The molecule has 180 valence electrons. The monoisotopic (exact) mass is 483 g/mol. The van der Waals surface area contributed by atoms with Crippen LogP contribution in [0.25, 0.3) is 6.08 Å². The number of benzene rings is 1. The minimum Gasteiger partial charge on any atom is -0.339 e. The molecule has 6 nitrogen and oxygen atoms in total. The van der Waals surface area contributed by atoms with Gasteiger partial charge in [0.1, 0.15) is 11.4 Å². The Hall–Kier alpha value is -3.00. The van der Waals surface area contributed by atoms with E-state index >= 15 is 0 Å². The fourth-order valence-corrected chi connectivity index (χ4v) is 5.74. The molecule has 2 aliphatic rings. The molecule has 0 aliphatic carbocycles. The second kappa shape index (κ2) is 10.5. The highest BCUT2D eigenvalue weighted by molar-refractivity contribution is 7.09. The smallest absolute Gasteiger partial charge is 0.325 e. The number of piperidine rings is 1. The van der Waals surface area contributed by atoms with Crippen molar-refractivity contribution in [1.82, 2.24) is 15.1 Å². The zero-order chi connectivity index (χ0) is 24.1. The lowest BCUT2D eigenvalue weighted by Gasteiger charge is -2.40. The van der Waals surface area contributed by atoms with Crippen LogP contribution < -0.4 is 5.32 Å². The molecule has 0 spiro atoms. The molecule has 3 heterocycles. The predicted molar refractivity (Wildman–Crippen MR) is 131 cm³/mol. The normalized spacial score (nSPS) is 21.5. The number of halogens is 1. The van der Waals surface area contributed by atoms with Crippen LogP contribution in [0.15, 0.2) is 47.9 Å². The summed E-state index contributed by atoms with van der Waals surface area (Å²) in [6.45, 7) is 3.38. The molecule has 4 rings (SSSR count). The Morgan fingerprint density at radius 3 is 2.65 bits per heavy atom. The molecule has 2 fully saturated rings. The number of carbonyl (C=O) groups is 3. The topological polar surface area (TPSA) is 69.7 Å². The maximum Gasteiger partial charge on any atom is 0.325 e. The lowest BCUT2D eigenvalue weighted by atomic mass is 9.74. The molecule has 4 amide bonds. The summed E-state index contributed by atoms with van der Waals surface area (Å²) < 4.78 is 13.8. The van der Waals surface area contributed by atoms with E-state index in [1.165, 1.54) is 23.1 Å². The minimum atomic E-state index is -0.903. The first-order valence-corrected chi connectivity index (χ1v) is 12.7. The summed E-state index contributed by atoms with van der Waals surface area (Å²) in [5.74, 6) is -0.716. The summed E-state index contributed by atoms with van der Waals surface area (Å²) in [5, 5.41) is 5.04. The van der Waals surface area contributed by atoms with E-state index in [9.17, 15) is 18.8 Å². The molecule has 2 aliphatic heterocycles. The van der Waals surface area contributed by atoms with Crippen molar-refractivity contribution < 1.29 is 18.8 Å². The number of urea groups is 1. The van der Waals surface area contributed by atoms with Crippen LogP contribution in [-0.4, -0.2) is 52.8 Å². The highest BCUT2D eigenvalue weighted by Gasteiger charge is 2.55. The van der Waals surface area contributed by atoms with Gasteiger partial charge in [-0.05, 0) is 55.2 Å². The lowest BCUT2D eigenvalue weighted by Crippen LogP contribution is -2.56. The summed E-state index contributed by atoms with van der Waals surface area (Å²) >= 11 is 1.62. The molecule has 0 saturated carbocycles. The number of hydrogen-bond acceptors (Lipinski definition) is 4.